The van der Waals surface area contributed by atoms with Crippen molar-refractivity contribution in [2.45, 2.75) is 46.5 Å². The van der Waals surface area contributed by atoms with Crippen LogP contribution in [0.3, 0.4) is 0 Å². The van der Waals surface area contributed by atoms with Crippen LogP contribution in [-0.2, 0) is 0 Å². The van der Waals surface area contributed by atoms with Crippen molar-refractivity contribution in [2.24, 2.45) is 11.8 Å². The first-order chi connectivity index (χ1) is 8.58. The van der Waals surface area contributed by atoms with Gasteiger partial charge in [-0.1, -0.05) is 37.6 Å². The van der Waals surface area contributed by atoms with Gasteiger partial charge in [-0.05, 0) is 68.7 Å². The minimum absolute atomic E-state index is 0.754. The molecule has 1 heteroatoms. The number of hydrogen-bond acceptors (Lipinski definition) is 1. The van der Waals surface area contributed by atoms with Gasteiger partial charge in [-0.2, -0.15) is 0 Å². The van der Waals surface area contributed by atoms with Crippen molar-refractivity contribution in [1.29, 1.82) is 0 Å². The van der Waals surface area contributed by atoms with Crippen LogP contribution in [0.2, 0.25) is 0 Å². The van der Waals surface area contributed by atoms with Crippen LogP contribution >= 0.6 is 0 Å². The Morgan fingerprint density at radius 3 is 2.61 bits per heavy atom. The molecule has 1 aliphatic rings. The minimum atomic E-state index is 0.754. The monoisotopic (exact) mass is 245 g/mol. The Morgan fingerprint density at radius 1 is 1.22 bits per heavy atom. The Balaban J connectivity index is 1.95. The van der Waals surface area contributed by atoms with Crippen LogP contribution in [0.25, 0.3) is 0 Å². The molecule has 1 N–H and O–H groups in total. The zero-order chi connectivity index (χ0) is 13.1. The van der Waals surface area contributed by atoms with Crippen molar-refractivity contribution in [3.63, 3.8) is 0 Å². The van der Waals surface area contributed by atoms with Crippen LogP contribution in [-0.4, -0.2) is 13.1 Å². The normalized spacial score (nSPS) is 23.2. The maximum Gasteiger partial charge on any atom is -0.00146 e. The number of rotatable bonds is 5. The average Bonchev–Trinajstić information content (AvgIpc) is 2.27. The lowest BCUT2D eigenvalue weighted by Crippen LogP contribution is -2.35. The lowest BCUT2D eigenvalue weighted by Gasteiger charge is -2.38. The predicted octanol–water partition coefficient (Wildman–Crippen LogP) is 4.04. The molecule has 2 unspecified atom stereocenters. The van der Waals surface area contributed by atoms with Gasteiger partial charge in [-0.25, -0.2) is 0 Å². The molecule has 0 saturated heterocycles. The van der Waals surface area contributed by atoms with E-state index in [-0.39, 0.29) is 0 Å². The summed E-state index contributed by atoms with van der Waals surface area (Å²) < 4.78 is 0. The summed E-state index contributed by atoms with van der Waals surface area (Å²) in [7, 11) is 0. The Bertz CT molecular complexity index is 395. The van der Waals surface area contributed by atoms with Crippen LogP contribution in [0.1, 0.15) is 49.3 Å². The van der Waals surface area contributed by atoms with E-state index in [0.29, 0.717) is 0 Å². The smallest absolute Gasteiger partial charge is 0.00146 e. The van der Waals surface area contributed by atoms with Crippen molar-refractivity contribution < 1.29 is 0 Å². The highest BCUT2D eigenvalue weighted by molar-refractivity contribution is 5.35. The Labute approximate surface area is 112 Å². The Morgan fingerprint density at radius 2 is 2.00 bits per heavy atom. The number of aryl methyl sites for hydroxylation is 2. The van der Waals surface area contributed by atoms with Crippen LogP contribution in [0.5, 0.6) is 0 Å². The van der Waals surface area contributed by atoms with Gasteiger partial charge in [0.05, 0.1) is 0 Å². The van der Waals surface area contributed by atoms with Gasteiger partial charge in [0.15, 0.2) is 0 Å². The first kappa shape index (κ1) is 13.6. The summed E-state index contributed by atoms with van der Waals surface area (Å²) in [5.74, 6) is 2.40. The average molecular weight is 245 g/mol. The van der Waals surface area contributed by atoms with E-state index >= 15 is 0 Å². The molecule has 1 aromatic rings. The molecule has 1 aromatic carbocycles. The third kappa shape index (κ3) is 3.14. The largest absolute Gasteiger partial charge is 0.316 e. The topological polar surface area (TPSA) is 12.0 Å². The summed E-state index contributed by atoms with van der Waals surface area (Å²) in [5.41, 5.74) is 4.47. The molecule has 1 nitrogen and oxygen atoms in total. The third-order valence-corrected chi connectivity index (χ3v) is 4.21. The van der Waals surface area contributed by atoms with Gasteiger partial charge in [0.1, 0.15) is 0 Å². The van der Waals surface area contributed by atoms with Gasteiger partial charge in [0.25, 0.3) is 0 Å². The first-order valence-corrected chi connectivity index (χ1v) is 7.35. The number of nitrogens with one attached hydrogen (secondary N) is 1. The van der Waals surface area contributed by atoms with Crippen molar-refractivity contribution in [2.75, 3.05) is 13.1 Å². The molecule has 0 amide bonds. The second-order valence-electron chi connectivity index (χ2n) is 6.36. The molecule has 2 atom stereocenters. The standard InChI is InChI=1S/C17H27N/c1-12(2)10-18-11-15-7-8-16(15)17-9-13(3)5-6-14(17)4/h5-6,9,12,15-16,18H,7-8,10-11H2,1-4H3. The van der Waals surface area contributed by atoms with E-state index in [1.54, 1.807) is 5.56 Å². The molecule has 0 spiro atoms. The highest BCUT2D eigenvalue weighted by Gasteiger charge is 2.32. The molecule has 2 rings (SSSR count). The summed E-state index contributed by atoms with van der Waals surface area (Å²) in [6.45, 7) is 11.3. The lowest BCUT2D eigenvalue weighted by molar-refractivity contribution is 0.242. The molecule has 0 bridgehead atoms. The van der Waals surface area contributed by atoms with Crippen molar-refractivity contribution >= 4 is 0 Å². The fourth-order valence-corrected chi connectivity index (χ4v) is 2.94. The maximum absolute atomic E-state index is 3.62. The van der Waals surface area contributed by atoms with Gasteiger partial charge in [-0.3, -0.25) is 0 Å². The zero-order valence-corrected chi connectivity index (χ0v) is 12.3. The van der Waals surface area contributed by atoms with E-state index in [1.807, 2.05) is 0 Å². The predicted molar refractivity (Wildman–Crippen MR) is 79.1 cm³/mol. The van der Waals surface area contributed by atoms with Gasteiger partial charge < -0.3 is 5.32 Å². The Kier molecular flexibility index (Phi) is 4.45. The van der Waals surface area contributed by atoms with E-state index in [4.69, 9.17) is 0 Å². The minimum Gasteiger partial charge on any atom is -0.316 e. The zero-order valence-electron chi connectivity index (χ0n) is 12.3. The summed E-state index contributed by atoms with van der Waals surface area (Å²) >= 11 is 0. The van der Waals surface area contributed by atoms with Crippen LogP contribution in [0.15, 0.2) is 18.2 Å². The highest BCUT2D eigenvalue weighted by Crippen LogP contribution is 2.43. The van der Waals surface area contributed by atoms with E-state index < -0.39 is 0 Å². The molecule has 0 radical (unpaired) electrons. The van der Waals surface area contributed by atoms with Gasteiger partial charge in [-0.15, -0.1) is 0 Å². The highest BCUT2D eigenvalue weighted by atomic mass is 14.9. The summed E-state index contributed by atoms with van der Waals surface area (Å²) in [4.78, 5) is 0. The molecule has 1 aliphatic carbocycles. The van der Waals surface area contributed by atoms with Gasteiger partial charge in [0.2, 0.25) is 0 Å². The fraction of sp³-hybridized carbons (Fsp3) is 0.647. The summed E-state index contributed by atoms with van der Waals surface area (Å²) in [6, 6.07) is 6.90. The summed E-state index contributed by atoms with van der Waals surface area (Å²) in [6.07, 6.45) is 2.77. The number of benzene rings is 1. The molecule has 100 valence electrons. The Hall–Kier alpha value is -0.820. The second-order valence-corrected chi connectivity index (χ2v) is 6.36. The first-order valence-electron chi connectivity index (χ1n) is 7.35. The molecular weight excluding hydrogens is 218 g/mol. The number of hydrogen-bond donors (Lipinski definition) is 1. The molecule has 0 heterocycles. The second kappa shape index (κ2) is 5.88. The van der Waals surface area contributed by atoms with E-state index in [2.05, 4.69) is 51.2 Å². The lowest BCUT2D eigenvalue weighted by atomic mass is 9.68. The van der Waals surface area contributed by atoms with Crippen molar-refractivity contribution in [3.8, 4) is 0 Å². The van der Waals surface area contributed by atoms with E-state index in [0.717, 1.165) is 24.3 Å². The molecule has 0 aromatic heterocycles. The van der Waals surface area contributed by atoms with Crippen molar-refractivity contribution in [1.82, 2.24) is 5.32 Å². The molecule has 1 saturated carbocycles. The third-order valence-electron chi connectivity index (χ3n) is 4.21. The molecular formula is C17H27N. The van der Waals surface area contributed by atoms with E-state index in [9.17, 15) is 0 Å². The van der Waals surface area contributed by atoms with Crippen LogP contribution < -0.4 is 5.32 Å². The van der Waals surface area contributed by atoms with Gasteiger partial charge in [0, 0.05) is 0 Å². The molecule has 1 fully saturated rings. The summed E-state index contributed by atoms with van der Waals surface area (Å²) in [5, 5.41) is 3.62. The SMILES string of the molecule is Cc1ccc(C)c(C2CCC2CNCC(C)C)c1. The van der Waals surface area contributed by atoms with Gasteiger partial charge >= 0.3 is 0 Å². The quantitative estimate of drug-likeness (QED) is 0.825. The molecule has 0 aliphatic heterocycles. The molecule has 18 heavy (non-hydrogen) atoms. The fourth-order valence-electron chi connectivity index (χ4n) is 2.94. The maximum atomic E-state index is 3.62. The van der Waals surface area contributed by atoms with E-state index in [1.165, 1.54) is 30.5 Å². The van der Waals surface area contributed by atoms with Crippen LogP contribution in [0.4, 0.5) is 0 Å². The van der Waals surface area contributed by atoms with Crippen LogP contribution in [0, 0.1) is 25.7 Å². The van der Waals surface area contributed by atoms with Crippen molar-refractivity contribution in [3.05, 3.63) is 34.9 Å².